The maximum Gasteiger partial charge on any atom is 0.277 e. The monoisotopic (exact) mass is 298 g/mol. The van der Waals surface area contributed by atoms with Crippen molar-refractivity contribution in [2.75, 3.05) is 0 Å². The van der Waals surface area contributed by atoms with Crippen LogP contribution in [0.5, 0.6) is 5.75 Å². The summed E-state index contributed by atoms with van der Waals surface area (Å²) in [5, 5.41) is 11.4. The van der Waals surface area contributed by atoms with Crippen LogP contribution < -0.4 is 4.74 Å². The molecule has 0 aliphatic heterocycles. The molecule has 0 saturated carbocycles. The first-order chi connectivity index (χ1) is 9.09. The zero-order valence-corrected chi connectivity index (χ0v) is 11.1. The van der Waals surface area contributed by atoms with Gasteiger partial charge in [0.15, 0.2) is 10.9 Å². The third-order valence-corrected chi connectivity index (χ3v) is 3.03. The maximum atomic E-state index is 10.9. The van der Waals surface area contributed by atoms with Gasteiger partial charge in [0.05, 0.1) is 15.5 Å². The zero-order valence-electron chi connectivity index (χ0n) is 9.55. The molecule has 0 unspecified atom stereocenters. The third-order valence-electron chi connectivity index (χ3n) is 2.39. The fourth-order valence-electron chi connectivity index (χ4n) is 1.49. The van der Waals surface area contributed by atoms with E-state index in [4.69, 9.17) is 27.9 Å². The first-order valence-corrected chi connectivity index (χ1v) is 6.00. The van der Waals surface area contributed by atoms with E-state index >= 15 is 0 Å². The molecule has 19 heavy (non-hydrogen) atoms. The van der Waals surface area contributed by atoms with E-state index in [1.807, 2.05) is 0 Å². The van der Waals surface area contributed by atoms with Crippen molar-refractivity contribution >= 4 is 28.9 Å². The Kier molecular flexibility index (Phi) is 4.19. The normalized spacial score (nSPS) is 10.2. The molecule has 1 aromatic carbocycles. The van der Waals surface area contributed by atoms with Crippen molar-refractivity contribution in [2.45, 2.75) is 6.61 Å². The van der Waals surface area contributed by atoms with Crippen LogP contribution in [0.3, 0.4) is 0 Å². The topological polar surface area (TPSA) is 65.3 Å². The molecule has 0 fully saturated rings. The summed E-state index contributed by atoms with van der Waals surface area (Å²) < 4.78 is 5.41. The summed E-state index contributed by atoms with van der Waals surface area (Å²) in [5.41, 5.74) is 0.210. The maximum absolute atomic E-state index is 10.9. The Bertz CT molecular complexity index is 620. The Morgan fingerprint density at radius 1 is 1.26 bits per heavy atom. The molecule has 5 nitrogen and oxygen atoms in total. The number of pyridine rings is 1. The summed E-state index contributed by atoms with van der Waals surface area (Å²) in [4.78, 5) is 14.2. The van der Waals surface area contributed by atoms with E-state index in [1.54, 1.807) is 18.2 Å². The smallest absolute Gasteiger partial charge is 0.277 e. The van der Waals surface area contributed by atoms with Crippen LogP contribution in [0.1, 0.15) is 5.56 Å². The Balaban J connectivity index is 2.25. The van der Waals surface area contributed by atoms with Crippen molar-refractivity contribution in [2.24, 2.45) is 0 Å². The summed E-state index contributed by atoms with van der Waals surface area (Å²) in [6.45, 7) is -0.0542. The standard InChI is InChI=1S/C12H8Cl2N2O3/c13-9-3-1-4-10(16(17)18)8(9)7-19-11-5-2-6-15-12(11)14/h1-6H,7H2. The van der Waals surface area contributed by atoms with Gasteiger partial charge in [-0.25, -0.2) is 4.98 Å². The number of nitro groups is 1. The fourth-order valence-corrected chi connectivity index (χ4v) is 1.89. The second-order valence-electron chi connectivity index (χ2n) is 3.58. The van der Waals surface area contributed by atoms with Gasteiger partial charge in [-0.2, -0.15) is 0 Å². The lowest BCUT2D eigenvalue weighted by Crippen LogP contribution is -2.02. The molecular formula is C12H8Cl2N2O3. The lowest BCUT2D eigenvalue weighted by molar-refractivity contribution is -0.385. The average Bonchev–Trinajstić information content (AvgIpc) is 2.38. The molecule has 0 aliphatic rings. The molecule has 2 aromatic rings. The Morgan fingerprint density at radius 2 is 2.05 bits per heavy atom. The van der Waals surface area contributed by atoms with Crippen molar-refractivity contribution in [3.05, 3.63) is 62.4 Å². The number of benzene rings is 1. The molecule has 0 spiro atoms. The molecule has 7 heteroatoms. The fraction of sp³-hybridized carbons (Fsp3) is 0.0833. The van der Waals surface area contributed by atoms with Gasteiger partial charge in [0.1, 0.15) is 6.61 Å². The van der Waals surface area contributed by atoms with Crippen molar-refractivity contribution in [3.63, 3.8) is 0 Å². The molecular weight excluding hydrogens is 291 g/mol. The Hall–Kier alpha value is -1.85. The van der Waals surface area contributed by atoms with Crippen molar-refractivity contribution in [1.82, 2.24) is 4.98 Å². The molecule has 1 heterocycles. The lowest BCUT2D eigenvalue weighted by Gasteiger charge is -2.08. The number of rotatable bonds is 4. The van der Waals surface area contributed by atoms with E-state index in [-0.39, 0.29) is 22.5 Å². The summed E-state index contributed by atoms with van der Waals surface area (Å²) in [7, 11) is 0. The summed E-state index contributed by atoms with van der Waals surface area (Å²) >= 11 is 11.8. The summed E-state index contributed by atoms with van der Waals surface area (Å²) in [6.07, 6.45) is 1.52. The van der Waals surface area contributed by atoms with Crippen LogP contribution in [0.15, 0.2) is 36.5 Å². The van der Waals surface area contributed by atoms with E-state index in [2.05, 4.69) is 4.98 Å². The van der Waals surface area contributed by atoms with Crippen LogP contribution in [0, 0.1) is 10.1 Å². The molecule has 1 aromatic heterocycles. The lowest BCUT2D eigenvalue weighted by atomic mass is 10.2. The van der Waals surface area contributed by atoms with Crippen molar-refractivity contribution in [1.29, 1.82) is 0 Å². The second-order valence-corrected chi connectivity index (χ2v) is 4.34. The SMILES string of the molecule is O=[N+]([O-])c1cccc(Cl)c1COc1cccnc1Cl. The first-order valence-electron chi connectivity index (χ1n) is 5.24. The molecule has 2 rings (SSSR count). The largest absolute Gasteiger partial charge is 0.485 e. The second kappa shape index (κ2) is 5.86. The van der Waals surface area contributed by atoms with Gasteiger partial charge in [0.25, 0.3) is 5.69 Å². The van der Waals surface area contributed by atoms with Gasteiger partial charge in [-0.3, -0.25) is 10.1 Å². The quantitative estimate of drug-likeness (QED) is 0.488. The van der Waals surface area contributed by atoms with Crippen LogP contribution in [0.2, 0.25) is 10.2 Å². The molecule has 0 aliphatic carbocycles. The van der Waals surface area contributed by atoms with Crippen LogP contribution in [0.25, 0.3) is 0 Å². The highest BCUT2D eigenvalue weighted by molar-refractivity contribution is 6.31. The zero-order chi connectivity index (χ0) is 13.8. The minimum Gasteiger partial charge on any atom is -0.485 e. The van der Waals surface area contributed by atoms with E-state index in [0.717, 1.165) is 0 Å². The third kappa shape index (κ3) is 3.13. The van der Waals surface area contributed by atoms with Crippen LogP contribution >= 0.6 is 23.2 Å². The van der Waals surface area contributed by atoms with Crippen LogP contribution in [0.4, 0.5) is 5.69 Å². The highest BCUT2D eigenvalue weighted by Crippen LogP contribution is 2.29. The van der Waals surface area contributed by atoms with E-state index in [1.165, 1.54) is 18.3 Å². The van der Waals surface area contributed by atoms with E-state index in [0.29, 0.717) is 11.3 Å². The number of halogens is 2. The molecule has 0 saturated heterocycles. The molecule has 0 N–H and O–H groups in total. The van der Waals surface area contributed by atoms with E-state index in [9.17, 15) is 10.1 Å². The highest BCUT2D eigenvalue weighted by Gasteiger charge is 2.17. The predicted octanol–water partition coefficient (Wildman–Crippen LogP) is 3.88. The number of hydrogen-bond acceptors (Lipinski definition) is 4. The van der Waals surface area contributed by atoms with Gasteiger partial charge in [-0.15, -0.1) is 0 Å². The minimum atomic E-state index is -0.505. The highest BCUT2D eigenvalue weighted by atomic mass is 35.5. The molecule has 0 amide bonds. The molecule has 0 atom stereocenters. The Labute approximate surface area is 118 Å². The van der Waals surface area contributed by atoms with Gasteiger partial charge in [-0.05, 0) is 18.2 Å². The van der Waals surface area contributed by atoms with Crippen molar-refractivity contribution in [3.8, 4) is 5.75 Å². The van der Waals surface area contributed by atoms with Crippen molar-refractivity contribution < 1.29 is 9.66 Å². The molecule has 98 valence electrons. The minimum absolute atomic E-state index is 0.0542. The van der Waals surface area contributed by atoms with Gasteiger partial charge in [-0.1, -0.05) is 29.3 Å². The van der Waals surface area contributed by atoms with Gasteiger partial charge in [0.2, 0.25) is 0 Å². The summed E-state index contributed by atoms with van der Waals surface area (Å²) in [6, 6.07) is 7.73. The Morgan fingerprint density at radius 3 is 2.74 bits per heavy atom. The summed E-state index contributed by atoms with van der Waals surface area (Å²) in [5.74, 6) is 0.346. The van der Waals surface area contributed by atoms with Gasteiger partial charge in [0, 0.05) is 12.3 Å². The van der Waals surface area contributed by atoms with Gasteiger partial charge >= 0.3 is 0 Å². The number of nitrogens with zero attached hydrogens (tertiary/aromatic N) is 2. The van der Waals surface area contributed by atoms with E-state index < -0.39 is 4.92 Å². The first kappa shape index (κ1) is 13.6. The van der Waals surface area contributed by atoms with Crippen LogP contribution in [-0.2, 0) is 6.61 Å². The van der Waals surface area contributed by atoms with Gasteiger partial charge < -0.3 is 4.74 Å². The predicted molar refractivity (Wildman–Crippen MR) is 71.7 cm³/mol. The van der Waals surface area contributed by atoms with Crippen LogP contribution in [-0.4, -0.2) is 9.91 Å². The number of nitro benzene ring substituents is 1. The number of aromatic nitrogens is 1. The average molecular weight is 299 g/mol. The molecule has 0 radical (unpaired) electrons. The number of ether oxygens (including phenoxy) is 1. The molecule has 0 bridgehead atoms. The number of hydrogen-bond donors (Lipinski definition) is 0.